The van der Waals surface area contributed by atoms with Crippen LogP contribution in [0, 0.1) is 0 Å². The van der Waals surface area contributed by atoms with Crippen molar-refractivity contribution in [2.24, 2.45) is 0 Å². The van der Waals surface area contributed by atoms with E-state index in [2.05, 4.69) is 112 Å². The molecule has 0 aliphatic heterocycles. The van der Waals surface area contributed by atoms with Crippen molar-refractivity contribution < 1.29 is 52.2 Å². The summed E-state index contributed by atoms with van der Waals surface area (Å²) in [4.78, 5) is 48.6. The predicted octanol–water partition coefficient (Wildman–Crippen LogP) is 18.0. The molecule has 0 saturated carbocycles. The Balaban J connectivity index is 4.82. The number of rotatable bonds is 55. The topological polar surface area (TPSA) is 155 Å². The number of phosphoric acid groups is 1. The Labute approximate surface area is 463 Å². The summed E-state index contributed by atoms with van der Waals surface area (Å²) < 4.78 is 39.5. The number of aliphatic hydroxyl groups is 1. The summed E-state index contributed by atoms with van der Waals surface area (Å²) in [5.41, 5.74) is 0. The van der Waals surface area contributed by atoms with Crippen LogP contribution in [0.1, 0.15) is 252 Å². The number of esters is 3. The van der Waals surface area contributed by atoms with E-state index >= 15 is 0 Å². The molecular formula is C64H109O11P. The van der Waals surface area contributed by atoms with Gasteiger partial charge in [0.05, 0.1) is 19.8 Å². The highest BCUT2D eigenvalue weighted by atomic mass is 31.2. The van der Waals surface area contributed by atoms with Gasteiger partial charge in [-0.25, -0.2) is 4.57 Å². The van der Waals surface area contributed by atoms with E-state index in [4.69, 9.17) is 23.3 Å². The molecule has 3 atom stereocenters. The lowest BCUT2D eigenvalue weighted by Crippen LogP contribution is -2.30. The molecule has 0 aromatic rings. The molecule has 0 aliphatic rings. The van der Waals surface area contributed by atoms with Crippen LogP contribution < -0.4 is 0 Å². The van der Waals surface area contributed by atoms with Gasteiger partial charge in [-0.3, -0.25) is 23.4 Å². The highest BCUT2D eigenvalue weighted by Crippen LogP contribution is 2.43. The van der Waals surface area contributed by atoms with Gasteiger partial charge in [-0.15, -0.1) is 0 Å². The zero-order valence-corrected chi connectivity index (χ0v) is 49.1. The van der Waals surface area contributed by atoms with E-state index in [-0.39, 0.29) is 25.9 Å². The molecule has 0 aromatic heterocycles. The normalized spacial score (nSPS) is 14.0. The van der Waals surface area contributed by atoms with Crippen LogP contribution in [0.25, 0.3) is 0 Å². The third-order valence-corrected chi connectivity index (χ3v) is 13.4. The largest absolute Gasteiger partial charge is 0.472 e. The Morgan fingerprint density at radius 3 is 1.13 bits per heavy atom. The minimum Gasteiger partial charge on any atom is -0.462 e. The molecule has 12 heteroatoms. The molecule has 0 aliphatic carbocycles. The average Bonchev–Trinajstić information content (AvgIpc) is 3.41. The van der Waals surface area contributed by atoms with Gasteiger partial charge in [0.25, 0.3) is 0 Å². The van der Waals surface area contributed by atoms with Crippen molar-refractivity contribution in [2.75, 3.05) is 26.4 Å². The first-order chi connectivity index (χ1) is 37.2. The number of allylic oxidation sites excluding steroid dienone is 16. The van der Waals surface area contributed by atoms with E-state index < -0.39 is 57.8 Å². The maximum atomic E-state index is 12.9. The lowest BCUT2D eigenvalue weighted by Gasteiger charge is -2.21. The Kier molecular flexibility index (Phi) is 54.8. The maximum absolute atomic E-state index is 12.9. The molecule has 2 N–H and O–H groups in total. The van der Waals surface area contributed by atoms with E-state index in [0.717, 1.165) is 109 Å². The number of hydrogen-bond donors (Lipinski definition) is 2. The van der Waals surface area contributed by atoms with Gasteiger partial charge >= 0.3 is 25.7 Å². The first-order valence-corrected chi connectivity index (χ1v) is 31.6. The van der Waals surface area contributed by atoms with Gasteiger partial charge < -0.3 is 24.2 Å². The molecule has 436 valence electrons. The van der Waals surface area contributed by atoms with Gasteiger partial charge in [0.15, 0.2) is 6.10 Å². The van der Waals surface area contributed by atoms with E-state index in [9.17, 15) is 28.9 Å². The Morgan fingerprint density at radius 2 is 0.697 bits per heavy atom. The van der Waals surface area contributed by atoms with Crippen LogP contribution in [0.4, 0.5) is 0 Å². The van der Waals surface area contributed by atoms with Crippen LogP contribution in [0.3, 0.4) is 0 Å². The minimum atomic E-state index is -4.77. The fourth-order valence-electron chi connectivity index (χ4n) is 7.89. The molecule has 11 nitrogen and oxygen atoms in total. The number of phosphoric ester groups is 1. The highest BCUT2D eigenvalue weighted by molar-refractivity contribution is 7.47. The molecular weight excluding hydrogens is 976 g/mol. The van der Waals surface area contributed by atoms with Crippen molar-refractivity contribution in [3.63, 3.8) is 0 Å². The molecule has 0 spiro atoms. The second-order valence-corrected chi connectivity index (χ2v) is 21.2. The van der Waals surface area contributed by atoms with Gasteiger partial charge in [-0.1, -0.05) is 214 Å². The van der Waals surface area contributed by atoms with Gasteiger partial charge in [0.2, 0.25) is 0 Å². The molecule has 0 saturated heterocycles. The van der Waals surface area contributed by atoms with Crippen molar-refractivity contribution in [3.8, 4) is 0 Å². The quantitative estimate of drug-likeness (QED) is 0.0197. The van der Waals surface area contributed by atoms with E-state index in [1.54, 1.807) is 0 Å². The summed E-state index contributed by atoms with van der Waals surface area (Å²) in [5, 5.41) is 9.83. The van der Waals surface area contributed by atoms with Crippen LogP contribution in [0.15, 0.2) is 97.2 Å². The summed E-state index contributed by atoms with van der Waals surface area (Å²) in [6.45, 7) is 4.43. The Hall–Kier alpha value is -3.60. The third kappa shape index (κ3) is 55.2. The second kappa shape index (κ2) is 57.6. The van der Waals surface area contributed by atoms with E-state index in [0.29, 0.717) is 25.7 Å². The highest BCUT2D eigenvalue weighted by Gasteiger charge is 2.28. The number of ether oxygens (including phenoxy) is 3. The van der Waals surface area contributed by atoms with Crippen molar-refractivity contribution in [1.29, 1.82) is 0 Å². The van der Waals surface area contributed by atoms with Crippen molar-refractivity contribution >= 4 is 25.7 Å². The van der Waals surface area contributed by atoms with Crippen LogP contribution in [0.5, 0.6) is 0 Å². The molecule has 0 aromatic carbocycles. The molecule has 0 rings (SSSR count). The SMILES string of the molecule is CC/C=C\C/C=C\C/C=C\C/C=C\C/C=C\CCCC(=O)OCC(COP(=O)(O)OCC(CO)OC(=O)CCCCCCC/C=C\CCCCCCCC)OC(=O)CCCCCCCCC/C=C\C/C=C\CCCCC. The Morgan fingerprint density at radius 1 is 0.382 bits per heavy atom. The molecule has 76 heavy (non-hydrogen) atoms. The first-order valence-electron chi connectivity index (χ1n) is 30.1. The number of hydrogen-bond acceptors (Lipinski definition) is 10. The molecule has 3 unspecified atom stereocenters. The summed E-state index contributed by atoms with van der Waals surface area (Å²) in [6, 6.07) is 0. The number of carbonyl (C=O) groups excluding carboxylic acids is 3. The monoisotopic (exact) mass is 1080 g/mol. The third-order valence-electron chi connectivity index (χ3n) is 12.5. The average molecular weight is 1090 g/mol. The van der Waals surface area contributed by atoms with Crippen molar-refractivity contribution in [2.45, 2.75) is 264 Å². The van der Waals surface area contributed by atoms with Crippen LogP contribution in [-0.4, -0.2) is 66.5 Å². The van der Waals surface area contributed by atoms with Crippen LogP contribution >= 0.6 is 7.82 Å². The number of aliphatic hydroxyl groups excluding tert-OH is 1. The van der Waals surface area contributed by atoms with Crippen molar-refractivity contribution in [1.82, 2.24) is 0 Å². The molecule has 0 fully saturated rings. The lowest BCUT2D eigenvalue weighted by atomic mass is 10.1. The first kappa shape index (κ1) is 72.4. The number of carbonyl (C=O) groups is 3. The second-order valence-electron chi connectivity index (χ2n) is 19.8. The molecule has 0 radical (unpaired) electrons. The zero-order chi connectivity index (χ0) is 55.5. The standard InChI is InChI=1S/C64H109O11P/c1-4-7-10-13-16-19-22-25-28-30-33-35-38-41-44-47-50-53-62(66)71-57-61(75-64(68)55-52-49-46-43-40-37-34-31-29-26-23-20-17-14-11-8-5-2)59-73-76(69,70)72-58-60(56-65)74-63(67)54-51-48-45-42-39-36-32-27-24-21-18-15-12-9-6-3/h7,10,16-17,19-20,25-29,32-33,35,41,44,60-61,65H,4-6,8-9,11-15,18,21-24,30-31,34,36-40,42-43,45-59H2,1-3H3,(H,69,70)/b10-7-,19-16-,20-17-,28-25-,29-26-,32-27-,35-33-,44-41-. The summed E-state index contributed by atoms with van der Waals surface area (Å²) in [6.07, 6.45) is 67.9. The van der Waals surface area contributed by atoms with Gasteiger partial charge in [0, 0.05) is 19.3 Å². The van der Waals surface area contributed by atoms with Crippen molar-refractivity contribution in [3.05, 3.63) is 97.2 Å². The number of unbranched alkanes of at least 4 members (excludes halogenated alkanes) is 22. The van der Waals surface area contributed by atoms with Crippen LogP contribution in [0.2, 0.25) is 0 Å². The smallest absolute Gasteiger partial charge is 0.462 e. The Bertz CT molecular complexity index is 1640. The minimum absolute atomic E-state index is 0.142. The van der Waals surface area contributed by atoms with Crippen LogP contribution in [-0.2, 0) is 42.2 Å². The van der Waals surface area contributed by atoms with Gasteiger partial charge in [0.1, 0.15) is 12.7 Å². The molecule has 0 bridgehead atoms. The fourth-order valence-corrected chi connectivity index (χ4v) is 8.67. The molecule has 0 amide bonds. The molecule has 0 heterocycles. The lowest BCUT2D eigenvalue weighted by molar-refractivity contribution is -0.161. The fraction of sp³-hybridized carbons (Fsp3) is 0.703. The van der Waals surface area contributed by atoms with E-state index in [1.165, 1.54) is 77.0 Å². The zero-order valence-electron chi connectivity index (χ0n) is 48.2. The van der Waals surface area contributed by atoms with Gasteiger partial charge in [-0.2, -0.15) is 0 Å². The summed E-state index contributed by atoms with van der Waals surface area (Å²) in [5.74, 6) is -1.55. The van der Waals surface area contributed by atoms with E-state index in [1.807, 2.05) is 6.08 Å². The summed E-state index contributed by atoms with van der Waals surface area (Å²) >= 11 is 0. The van der Waals surface area contributed by atoms with Gasteiger partial charge in [-0.05, 0) is 116 Å². The summed E-state index contributed by atoms with van der Waals surface area (Å²) in [7, 11) is -4.77. The maximum Gasteiger partial charge on any atom is 0.472 e. The predicted molar refractivity (Wildman–Crippen MR) is 316 cm³/mol.